The second kappa shape index (κ2) is 6.65. The van der Waals surface area contributed by atoms with E-state index in [4.69, 9.17) is 0 Å². The van der Waals surface area contributed by atoms with E-state index < -0.39 is 0 Å². The Morgan fingerprint density at radius 1 is 0.696 bits per heavy atom. The van der Waals surface area contributed by atoms with Crippen LogP contribution in [-0.4, -0.2) is 11.8 Å². The summed E-state index contributed by atoms with van der Waals surface area (Å²) in [5.41, 5.74) is 3.71. The van der Waals surface area contributed by atoms with Crippen molar-refractivity contribution in [3.05, 3.63) is 59.7 Å². The largest absolute Gasteiger partial charge is 0.326 e. The van der Waals surface area contributed by atoms with Gasteiger partial charge in [0, 0.05) is 30.6 Å². The first-order valence-electron chi connectivity index (χ1n) is 7.55. The van der Waals surface area contributed by atoms with Crippen LogP contribution in [0, 0.1) is 0 Å². The highest BCUT2D eigenvalue weighted by Crippen LogP contribution is 2.32. The van der Waals surface area contributed by atoms with Crippen molar-refractivity contribution in [1.29, 1.82) is 0 Å². The fraction of sp³-hybridized carbons (Fsp3) is 0.263. The van der Waals surface area contributed by atoms with Gasteiger partial charge in [0.25, 0.3) is 0 Å². The number of nitrogens with one attached hydrogen (secondary N) is 2. The molecule has 0 saturated carbocycles. The van der Waals surface area contributed by atoms with Crippen molar-refractivity contribution in [2.75, 3.05) is 10.6 Å². The molecule has 23 heavy (non-hydrogen) atoms. The van der Waals surface area contributed by atoms with E-state index in [0.717, 1.165) is 22.5 Å². The molecule has 0 aliphatic heterocycles. The van der Waals surface area contributed by atoms with Crippen LogP contribution in [0.25, 0.3) is 0 Å². The molecule has 0 atom stereocenters. The van der Waals surface area contributed by atoms with Crippen LogP contribution < -0.4 is 10.6 Å². The summed E-state index contributed by atoms with van der Waals surface area (Å²) in [6, 6.07) is 15.7. The van der Waals surface area contributed by atoms with E-state index >= 15 is 0 Å². The molecule has 0 saturated heterocycles. The van der Waals surface area contributed by atoms with E-state index in [9.17, 15) is 9.59 Å². The Morgan fingerprint density at radius 3 is 1.26 bits per heavy atom. The van der Waals surface area contributed by atoms with E-state index in [0.29, 0.717) is 0 Å². The van der Waals surface area contributed by atoms with E-state index in [1.54, 1.807) is 0 Å². The number of hydrogen-bond donors (Lipinski definition) is 2. The van der Waals surface area contributed by atoms with Gasteiger partial charge in [-0.2, -0.15) is 0 Å². The zero-order valence-corrected chi connectivity index (χ0v) is 13.9. The van der Waals surface area contributed by atoms with Crippen molar-refractivity contribution in [3.63, 3.8) is 0 Å². The van der Waals surface area contributed by atoms with Crippen molar-refractivity contribution < 1.29 is 9.59 Å². The zero-order valence-electron chi connectivity index (χ0n) is 13.9. The maximum Gasteiger partial charge on any atom is 0.221 e. The fourth-order valence-electron chi connectivity index (χ4n) is 2.51. The Labute approximate surface area is 136 Å². The molecular weight excluding hydrogens is 288 g/mol. The monoisotopic (exact) mass is 310 g/mol. The molecule has 0 fully saturated rings. The maximum absolute atomic E-state index is 11.1. The first-order valence-corrected chi connectivity index (χ1v) is 7.55. The number of amides is 2. The first kappa shape index (κ1) is 16.7. The molecule has 120 valence electrons. The Balaban J connectivity index is 2.23. The molecule has 0 bridgehead atoms. The molecule has 4 heteroatoms. The highest BCUT2D eigenvalue weighted by molar-refractivity contribution is 5.89. The number of benzene rings is 2. The molecule has 2 N–H and O–H groups in total. The molecule has 2 rings (SSSR count). The number of carbonyl (C=O) groups is 2. The summed E-state index contributed by atoms with van der Waals surface area (Å²) in [5.74, 6) is -0.156. The van der Waals surface area contributed by atoms with Crippen molar-refractivity contribution >= 4 is 23.2 Å². The Kier molecular flexibility index (Phi) is 4.84. The van der Waals surface area contributed by atoms with E-state index in [-0.39, 0.29) is 17.2 Å². The summed E-state index contributed by atoms with van der Waals surface area (Å²) in [6.45, 7) is 7.28. The summed E-state index contributed by atoms with van der Waals surface area (Å²) < 4.78 is 0. The molecule has 0 aliphatic carbocycles. The molecule has 2 amide bonds. The summed E-state index contributed by atoms with van der Waals surface area (Å²) in [5, 5.41) is 5.54. The van der Waals surface area contributed by atoms with Crippen LogP contribution in [0.1, 0.15) is 38.8 Å². The Hall–Kier alpha value is -2.62. The lowest BCUT2D eigenvalue weighted by Crippen LogP contribution is -2.19. The van der Waals surface area contributed by atoms with Crippen LogP contribution in [0.5, 0.6) is 0 Å². The molecule has 0 radical (unpaired) electrons. The molecule has 0 heterocycles. The third kappa shape index (κ3) is 4.19. The topological polar surface area (TPSA) is 58.2 Å². The van der Waals surface area contributed by atoms with Crippen LogP contribution in [0.4, 0.5) is 11.4 Å². The van der Waals surface area contributed by atoms with Crippen LogP contribution >= 0.6 is 0 Å². The minimum absolute atomic E-state index is 0.0782. The minimum atomic E-state index is -0.177. The second-order valence-electron chi connectivity index (χ2n) is 6.14. The van der Waals surface area contributed by atoms with Crippen LogP contribution in [0.15, 0.2) is 48.5 Å². The molecular formula is C19H22N2O2. The van der Waals surface area contributed by atoms with E-state index in [1.165, 1.54) is 13.8 Å². The average molecular weight is 310 g/mol. The van der Waals surface area contributed by atoms with Gasteiger partial charge in [0.05, 0.1) is 0 Å². The third-order valence-electron chi connectivity index (χ3n) is 3.85. The SMILES string of the molecule is CC(=O)Nc1ccc(C(C)(C)c2ccc(NC(C)=O)cc2)cc1. The van der Waals surface area contributed by atoms with Crippen molar-refractivity contribution in [3.8, 4) is 0 Å². The lowest BCUT2D eigenvalue weighted by atomic mass is 9.78. The Morgan fingerprint density at radius 2 is 1.00 bits per heavy atom. The van der Waals surface area contributed by atoms with E-state index in [1.807, 2.05) is 48.5 Å². The van der Waals surface area contributed by atoms with Gasteiger partial charge in [0.15, 0.2) is 0 Å². The van der Waals surface area contributed by atoms with Gasteiger partial charge in [-0.1, -0.05) is 38.1 Å². The highest BCUT2D eigenvalue weighted by Gasteiger charge is 2.23. The van der Waals surface area contributed by atoms with Gasteiger partial charge < -0.3 is 10.6 Å². The summed E-state index contributed by atoms with van der Waals surface area (Å²) in [7, 11) is 0. The predicted octanol–water partition coefficient (Wildman–Crippen LogP) is 3.93. The van der Waals surface area contributed by atoms with Gasteiger partial charge >= 0.3 is 0 Å². The van der Waals surface area contributed by atoms with Crippen LogP contribution in [0.3, 0.4) is 0 Å². The number of hydrogen-bond acceptors (Lipinski definition) is 2. The molecule has 0 aromatic heterocycles. The van der Waals surface area contributed by atoms with Crippen molar-refractivity contribution in [2.24, 2.45) is 0 Å². The standard InChI is InChI=1S/C19H22N2O2/c1-13(22)20-17-9-5-15(6-10-17)19(3,4)16-7-11-18(12-8-16)21-14(2)23/h5-12H,1-4H3,(H,20,22)(H,21,23). The zero-order chi connectivity index (χ0) is 17.0. The van der Waals surface area contributed by atoms with Gasteiger partial charge in [-0.25, -0.2) is 0 Å². The van der Waals surface area contributed by atoms with Crippen LogP contribution in [0.2, 0.25) is 0 Å². The number of anilines is 2. The van der Waals surface area contributed by atoms with Crippen molar-refractivity contribution in [1.82, 2.24) is 0 Å². The van der Waals surface area contributed by atoms with Gasteiger partial charge in [-0.05, 0) is 35.4 Å². The van der Waals surface area contributed by atoms with Gasteiger partial charge in [-0.15, -0.1) is 0 Å². The summed E-state index contributed by atoms with van der Waals surface area (Å²) in [4.78, 5) is 22.2. The minimum Gasteiger partial charge on any atom is -0.326 e. The number of rotatable bonds is 4. The lowest BCUT2D eigenvalue weighted by Gasteiger charge is -2.26. The first-order chi connectivity index (χ1) is 10.8. The van der Waals surface area contributed by atoms with Gasteiger partial charge in [0.2, 0.25) is 11.8 Å². The smallest absolute Gasteiger partial charge is 0.221 e. The quantitative estimate of drug-likeness (QED) is 0.899. The molecule has 2 aromatic rings. The molecule has 2 aromatic carbocycles. The van der Waals surface area contributed by atoms with Gasteiger partial charge in [0.1, 0.15) is 0 Å². The third-order valence-corrected chi connectivity index (χ3v) is 3.85. The predicted molar refractivity (Wildman–Crippen MR) is 93.6 cm³/mol. The maximum atomic E-state index is 11.1. The number of carbonyl (C=O) groups excluding carboxylic acids is 2. The van der Waals surface area contributed by atoms with Gasteiger partial charge in [-0.3, -0.25) is 9.59 Å². The highest BCUT2D eigenvalue weighted by atomic mass is 16.2. The molecule has 4 nitrogen and oxygen atoms in total. The molecule has 0 spiro atoms. The van der Waals surface area contributed by atoms with Crippen LogP contribution in [-0.2, 0) is 15.0 Å². The average Bonchev–Trinajstić information content (AvgIpc) is 2.47. The second-order valence-corrected chi connectivity index (χ2v) is 6.14. The van der Waals surface area contributed by atoms with Crippen molar-refractivity contribution in [2.45, 2.75) is 33.1 Å². The molecule has 0 unspecified atom stereocenters. The molecule has 0 aliphatic rings. The van der Waals surface area contributed by atoms with E-state index in [2.05, 4.69) is 24.5 Å². The lowest BCUT2D eigenvalue weighted by molar-refractivity contribution is -0.115. The fourth-order valence-corrected chi connectivity index (χ4v) is 2.51. The normalized spacial score (nSPS) is 11.0. The summed E-state index contributed by atoms with van der Waals surface area (Å²) in [6.07, 6.45) is 0. The summed E-state index contributed by atoms with van der Waals surface area (Å²) >= 11 is 0. The Bertz CT molecular complexity index is 640.